The molecule has 1 amide bonds. The quantitative estimate of drug-likeness (QED) is 0.455. The van der Waals surface area contributed by atoms with Gasteiger partial charge in [-0.05, 0) is 49.2 Å². The standard InChI is InChI=1S/C24H20N2OS/c1-17-11-13-19(14-12-17)22-16-28-24(25-23(27)20-8-4-3-5-9-20)26(22)21-10-6-7-18(2)15-21/h3-16H,1-2H3. The van der Waals surface area contributed by atoms with Gasteiger partial charge in [0.1, 0.15) is 0 Å². The molecule has 0 saturated heterocycles. The van der Waals surface area contributed by atoms with Crippen molar-refractivity contribution in [2.75, 3.05) is 0 Å². The lowest BCUT2D eigenvalue weighted by atomic mass is 10.1. The van der Waals surface area contributed by atoms with Gasteiger partial charge in [0.15, 0.2) is 4.80 Å². The average Bonchev–Trinajstić information content (AvgIpc) is 3.12. The molecule has 1 heterocycles. The molecule has 0 radical (unpaired) electrons. The van der Waals surface area contributed by atoms with Crippen LogP contribution in [0.15, 0.2) is 89.2 Å². The monoisotopic (exact) mass is 384 g/mol. The van der Waals surface area contributed by atoms with E-state index in [4.69, 9.17) is 0 Å². The van der Waals surface area contributed by atoms with Crippen LogP contribution < -0.4 is 4.80 Å². The lowest BCUT2D eigenvalue weighted by molar-refractivity contribution is 0.0998. The average molecular weight is 385 g/mol. The molecular weight excluding hydrogens is 364 g/mol. The van der Waals surface area contributed by atoms with Crippen LogP contribution in [0.1, 0.15) is 21.5 Å². The van der Waals surface area contributed by atoms with Crippen molar-refractivity contribution in [3.63, 3.8) is 0 Å². The van der Waals surface area contributed by atoms with Gasteiger partial charge in [0, 0.05) is 16.6 Å². The van der Waals surface area contributed by atoms with Gasteiger partial charge in [0.2, 0.25) is 0 Å². The highest BCUT2D eigenvalue weighted by atomic mass is 32.1. The van der Waals surface area contributed by atoms with Crippen molar-refractivity contribution >= 4 is 17.2 Å². The zero-order valence-electron chi connectivity index (χ0n) is 15.8. The zero-order chi connectivity index (χ0) is 19.5. The third kappa shape index (κ3) is 3.73. The molecule has 28 heavy (non-hydrogen) atoms. The number of carbonyl (C=O) groups is 1. The minimum absolute atomic E-state index is 0.237. The van der Waals surface area contributed by atoms with E-state index >= 15 is 0 Å². The van der Waals surface area contributed by atoms with Gasteiger partial charge in [0.25, 0.3) is 5.91 Å². The second-order valence-corrected chi connectivity index (χ2v) is 7.56. The summed E-state index contributed by atoms with van der Waals surface area (Å²) < 4.78 is 2.06. The van der Waals surface area contributed by atoms with E-state index in [1.165, 1.54) is 16.9 Å². The first-order valence-corrected chi connectivity index (χ1v) is 9.98. The second kappa shape index (κ2) is 7.79. The Morgan fingerprint density at radius 2 is 1.61 bits per heavy atom. The van der Waals surface area contributed by atoms with Crippen molar-refractivity contribution in [3.8, 4) is 16.9 Å². The van der Waals surface area contributed by atoms with Crippen molar-refractivity contribution in [3.05, 3.63) is 106 Å². The molecule has 3 nitrogen and oxygen atoms in total. The maximum atomic E-state index is 12.7. The summed E-state index contributed by atoms with van der Waals surface area (Å²) in [6.07, 6.45) is 0. The number of rotatable bonds is 3. The molecule has 0 bridgehead atoms. The molecule has 0 unspecified atom stereocenters. The third-order valence-electron chi connectivity index (χ3n) is 4.53. The molecule has 0 N–H and O–H groups in total. The first kappa shape index (κ1) is 18.1. The second-order valence-electron chi connectivity index (χ2n) is 6.73. The number of aryl methyl sites for hydroxylation is 2. The van der Waals surface area contributed by atoms with Gasteiger partial charge < -0.3 is 0 Å². The van der Waals surface area contributed by atoms with E-state index < -0.39 is 0 Å². The molecule has 0 saturated carbocycles. The summed E-state index contributed by atoms with van der Waals surface area (Å²) in [5.74, 6) is -0.237. The number of aromatic nitrogens is 1. The fraction of sp³-hybridized carbons (Fsp3) is 0.0833. The normalized spacial score (nSPS) is 11.6. The Balaban J connectivity index is 1.91. The summed E-state index contributed by atoms with van der Waals surface area (Å²) in [5.41, 5.74) is 6.07. The van der Waals surface area contributed by atoms with Gasteiger partial charge in [-0.25, -0.2) is 0 Å². The Morgan fingerprint density at radius 3 is 2.32 bits per heavy atom. The van der Waals surface area contributed by atoms with Crippen molar-refractivity contribution in [1.82, 2.24) is 4.57 Å². The summed E-state index contributed by atoms with van der Waals surface area (Å²) in [6.45, 7) is 4.14. The molecule has 3 aromatic carbocycles. The van der Waals surface area contributed by atoms with Crippen LogP contribution in [0, 0.1) is 13.8 Å². The first-order valence-electron chi connectivity index (χ1n) is 9.10. The van der Waals surface area contributed by atoms with Gasteiger partial charge in [0.05, 0.1) is 5.69 Å². The molecule has 0 spiro atoms. The fourth-order valence-electron chi connectivity index (χ4n) is 3.06. The summed E-state index contributed by atoms with van der Waals surface area (Å²) in [5, 5.41) is 2.06. The number of amides is 1. The van der Waals surface area contributed by atoms with Crippen LogP contribution in [-0.2, 0) is 0 Å². The molecule has 138 valence electrons. The van der Waals surface area contributed by atoms with Crippen molar-refractivity contribution in [1.29, 1.82) is 0 Å². The largest absolute Gasteiger partial charge is 0.285 e. The summed E-state index contributed by atoms with van der Waals surface area (Å²) in [4.78, 5) is 17.8. The molecule has 0 aliphatic heterocycles. The Labute approximate surface area is 168 Å². The van der Waals surface area contributed by atoms with Gasteiger partial charge in [-0.15, -0.1) is 11.3 Å². The highest BCUT2D eigenvalue weighted by Crippen LogP contribution is 2.24. The lowest BCUT2D eigenvalue weighted by Gasteiger charge is -2.10. The Kier molecular flexibility index (Phi) is 5.04. The minimum atomic E-state index is -0.237. The maximum Gasteiger partial charge on any atom is 0.279 e. The summed E-state index contributed by atoms with van der Waals surface area (Å²) >= 11 is 1.47. The van der Waals surface area contributed by atoms with E-state index in [0.29, 0.717) is 10.4 Å². The fourth-order valence-corrected chi connectivity index (χ4v) is 3.97. The van der Waals surface area contributed by atoms with Crippen molar-refractivity contribution in [2.45, 2.75) is 13.8 Å². The van der Waals surface area contributed by atoms with Crippen molar-refractivity contribution in [2.24, 2.45) is 4.99 Å². The number of nitrogens with zero attached hydrogens (tertiary/aromatic N) is 2. The smallest absolute Gasteiger partial charge is 0.279 e. The third-order valence-corrected chi connectivity index (χ3v) is 5.36. The zero-order valence-corrected chi connectivity index (χ0v) is 16.6. The van der Waals surface area contributed by atoms with E-state index in [-0.39, 0.29) is 5.91 Å². The van der Waals surface area contributed by atoms with E-state index in [0.717, 1.165) is 22.5 Å². The van der Waals surface area contributed by atoms with Crippen LogP contribution in [0.5, 0.6) is 0 Å². The van der Waals surface area contributed by atoms with Gasteiger partial charge in [-0.2, -0.15) is 4.99 Å². The number of benzene rings is 3. The number of hydrogen-bond donors (Lipinski definition) is 0. The molecule has 0 aliphatic rings. The SMILES string of the molecule is Cc1ccc(-c2csc(=NC(=O)c3ccccc3)n2-c2cccc(C)c2)cc1. The maximum absolute atomic E-state index is 12.7. The van der Waals surface area contributed by atoms with Crippen LogP contribution in [-0.4, -0.2) is 10.5 Å². The number of carbonyl (C=O) groups excluding carboxylic acids is 1. The van der Waals surface area contributed by atoms with Crippen molar-refractivity contribution < 1.29 is 4.79 Å². The van der Waals surface area contributed by atoms with Crippen LogP contribution in [0.25, 0.3) is 16.9 Å². The molecular formula is C24H20N2OS. The minimum Gasteiger partial charge on any atom is -0.285 e. The Bertz CT molecular complexity index is 1190. The predicted molar refractivity (Wildman–Crippen MR) is 115 cm³/mol. The predicted octanol–water partition coefficient (Wildman–Crippen LogP) is 5.56. The molecule has 4 rings (SSSR count). The van der Waals surface area contributed by atoms with E-state index in [1.54, 1.807) is 12.1 Å². The van der Waals surface area contributed by atoms with E-state index in [2.05, 4.69) is 65.2 Å². The highest BCUT2D eigenvalue weighted by molar-refractivity contribution is 7.07. The van der Waals surface area contributed by atoms with E-state index in [9.17, 15) is 4.79 Å². The van der Waals surface area contributed by atoms with Crippen LogP contribution in [0.2, 0.25) is 0 Å². The molecule has 1 aromatic heterocycles. The Hall–Kier alpha value is -3.24. The molecule has 0 atom stereocenters. The van der Waals surface area contributed by atoms with Gasteiger partial charge in [-0.1, -0.05) is 60.2 Å². The summed E-state index contributed by atoms with van der Waals surface area (Å²) in [6, 6.07) is 25.8. The van der Waals surface area contributed by atoms with Crippen LogP contribution >= 0.6 is 11.3 Å². The highest BCUT2D eigenvalue weighted by Gasteiger charge is 2.12. The van der Waals surface area contributed by atoms with Crippen LogP contribution in [0.4, 0.5) is 0 Å². The lowest BCUT2D eigenvalue weighted by Crippen LogP contribution is -2.16. The molecule has 4 aromatic rings. The first-order chi connectivity index (χ1) is 13.6. The molecule has 0 fully saturated rings. The number of thiazole rings is 1. The Morgan fingerprint density at radius 1 is 0.857 bits per heavy atom. The molecule has 4 heteroatoms. The molecule has 0 aliphatic carbocycles. The summed E-state index contributed by atoms with van der Waals surface area (Å²) in [7, 11) is 0. The van der Waals surface area contributed by atoms with Crippen LogP contribution in [0.3, 0.4) is 0 Å². The van der Waals surface area contributed by atoms with Gasteiger partial charge in [-0.3, -0.25) is 9.36 Å². The number of hydrogen-bond acceptors (Lipinski definition) is 2. The topological polar surface area (TPSA) is 34.4 Å². The van der Waals surface area contributed by atoms with E-state index in [1.807, 2.05) is 30.3 Å². The van der Waals surface area contributed by atoms with Gasteiger partial charge >= 0.3 is 0 Å².